The number of hydrogen-bond donors (Lipinski definition) is 2. The van der Waals surface area contributed by atoms with E-state index in [1.807, 2.05) is 13.0 Å². The lowest BCUT2D eigenvalue weighted by Crippen LogP contribution is -2.54. The molecule has 6 atom stereocenters. The minimum Gasteiger partial charge on any atom is -0.389 e. The van der Waals surface area contributed by atoms with Crippen molar-refractivity contribution in [3.8, 4) is 0 Å². The Morgan fingerprint density at radius 1 is 1.23 bits per heavy atom. The second kappa shape index (κ2) is 4.36. The van der Waals surface area contributed by atoms with Crippen molar-refractivity contribution in [3.63, 3.8) is 0 Å². The molecule has 2 heteroatoms. The van der Waals surface area contributed by atoms with E-state index in [0.29, 0.717) is 11.8 Å². The second-order valence-corrected chi connectivity index (χ2v) is 8.79. The molecule has 0 amide bonds. The largest absolute Gasteiger partial charge is 0.389 e. The first-order valence-electron chi connectivity index (χ1n) is 8.78. The van der Waals surface area contributed by atoms with E-state index in [1.165, 1.54) is 17.6 Å². The summed E-state index contributed by atoms with van der Waals surface area (Å²) in [7, 11) is 0. The maximum atomic E-state index is 11.3. The van der Waals surface area contributed by atoms with Crippen molar-refractivity contribution in [1.29, 1.82) is 0 Å². The van der Waals surface area contributed by atoms with E-state index >= 15 is 0 Å². The smallest absolute Gasteiger partial charge is 0.0840 e. The fourth-order valence-electron chi connectivity index (χ4n) is 5.85. The van der Waals surface area contributed by atoms with E-state index in [9.17, 15) is 10.2 Å². The average molecular weight is 300 g/mol. The Balaban J connectivity index is 1.89. The van der Waals surface area contributed by atoms with E-state index in [2.05, 4.69) is 32.1 Å². The summed E-state index contributed by atoms with van der Waals surface area (Å²) in [6, 6.07) is 0. The molecule has 0 aromatic carbocycles. The van der Waals surface area contributed by atoms with E-state index in [0.717, 1.165) is 25.7 Å². The van der Waals surface area contributed by atoms with Gasteiger partial charge >= 0.3 is 0 Å². The van der Waals surface area contributed by atoms with Gasteiger partial charge in [0.05, 0.1) is 11.7 Å². The summed E-state index contributed by atoms with van der Waals surface area (Å²) in [5.74, 6) is 0.780. The van der Waals surface area contributed by atoms with Crippen LogP contribution in [0, 0.1) is 22.7 Å². The zero-order valence-electron chi connectivity index (χ0n) is 14.0. The highest BCUT2D eigenvalue weighted by Crippen LogP contribution is 2.63. The van der Waals surface area contributed by atoms with Crippen LogP contribution in [0.5, 0.6) is 0 Å². The normalized spacial score (nSPS) is 53.2. The molecule has 4 aliphatic carbocycles. The Hall–Kier alpha value is -0.860. The summed E-state index contributed by atoms with van der Waals surface area (Å²) >= 11 is 0. The standard InChI is InChI=1S/C20H28O2/c1-18-8-4-5-15(18)17-16(7-9-18)19(2)10-6-14(21)11-13(19)12-20(17,3)22/h4-6,10,13-14,16,21-22H,7-9,11-12H2,1-3H3/t13?,14?,16-,18+,19+,20?/m1/s1. The molecule has 1 fully saturated rings. The van der Waals surface area contributed by atoms with Crippen molar-refractivity contribution in [1.82, 2.24) is 0 Å². The molecule has 0 spiro atoms. The van der Waals surface area contributed by atoms with Gasteiger partial charge in [-0.15, -0.1) is 0 Å². The van der Waals surface area contributed by atoms with E-state index in [-0.39, 0.29) is 16.9 Å². The van der Waals surface area contributed by atoms with Gasteiger partial charge in [0.15, 0.2) is 0 Å². The quantitative estimate of drug-likeness (QED) is 0.669. The van der Waals surface area contributed by atoms with Gasteiger partial charge in [-0.3, -0.25) is 0 Å². The Bertz CT molecular complexity index is 597. The molecule has 0 aliphatic heterocycles. The molecule has 4 rings (SSSR count). The van der Waals surface area contributed by atoms with Crippen molar-refractivity contribution in [2.75, 3.05) is 0 Å². The fourth-order valence-corrected chi connectivity index (χ4v) is 5.85. The molecule has 4 aliphatic rings. The summed E-state index contributed by atoms with van der Waals surface area (Å²) in [5.41, 5.74) is 2.30. The van der Waals surface area contributed by atoms with Crippen LogP contribution in [0.15, 0.2) is 35.5 Å². The van der Waals surface area contributed by atoms with Crippen molar-refractivity contribution in [3.05, 3.63) is 35.5 Å². The topological polar surface area (TPSA) is 40.5 Å². The van der Waals surface area contributed by atoms with Crippen molar-refractivity contribution in [2.24, 2.45) is 22.7 Å². The minimum absolute atomic E-state index is 0.0849. The lowest BCUT2D eigenvalue weighted by atomic mass is 9.48. The zero-order chi connectivity index (χ0) is 15.8. The second-order valence-electron chi connectivity index (χ2n) is 8.79. The van der Waals surface area contributed by atoms with Crippen molar-refractivity contribution >= 4 is 0 Å². The van der Waals surface area contributed by atoms with Crippen molar-refractivity contribution in [2.45, 2.75) is 64.6 Å². The zero-order valence-corrected chi connectivity index (χ0v) is 14.0. The van der Waals surface area contributed by atoms with Crippen LogP contribution in [-0.2, 0) is 0 Å². The lowest BCUT2D eigenvalue weighted by Gasteiger charge is -2.58. The molecule has 2 N–H and O–H groups in total. The van der Waals surface area contributed by atoms with Crippen LogP contribution in [0.25, 0.3) is 0 Å². The van der Waals surface area contributed by atoms with Crippen LogP contribution < -0.4 is 0 Å². The Kier molecular flexibility index (Phi) is 2.92. The van der Waals surface area contributed by atoms with Crippen LogP contribution in [-0.4, -0.2) is 21.9 Å². The average Bonchev–Trinajstić information content (AvgIpc) is 2.82. The summed E-state index contributed by atoms with van der Waals surface area (Å²) in [6.07, 6.45) is 13.5. The van der Waals surface area contributed by atoms with Gasteiger partial charge in [-0.1, -0.05) is 38.2 Å². The highest BCUT2D eigenvalue weighted by atomic mass is 16.3. The third-order valence-electron chi connectivity index (χ3n) is 7.18. The predicted octanol–water partition coefficient (Wildman–Crippen LogP) is 3.76. The molecule has 0 aromatic heterocycles. The summed E-state index contributed by atoms with van der Waals surface area (Å²) < 4.78 is 0. The third-order valence-corrected chi connectivity index (χ3v) is 7.18. The molecule has 1 saturated carbocycles. The van der Waals surface area contributed by atoms with Gasteiger partial charge in [-0.05, 0) is 72.8 Å². The first-order chi connectivity index (χ1) is 10.3. The van der Waals surface area contributed by atoms with Gasteiger partial charge < -0.3 is 10.2 Å². The van der Waals surface area contributed by atoms with E-state index in [1.54, 1.807) is 0 Å². The number of aliphatic hydroxyl groups is 2. The molecule has 22 heavy (non-hydrogen) atoms. The van der Waals surface area contributed by atoms with Crippen LogP contribution in [0.1, 0.15) is 52.9 Å². The predicted molar refractivity (Wildman–Crippen MR) is 88.2 cm³/mol. The van der Waals surface area contributed by atoms with Crippen LogP contribution in [0.4, 0.5) is 0 Å². The lowest BCUT2D eigenvalue weighted by molar-refractivity contribution is -0.0475. The number of hydrogen-bond acceptors (Lipinski definition) is 2. The molecular weight excluding hydrogens is 272 g/mol. The summed E-state index contributed by atoms with van der Waals surface area (Å²) in [4.78, 5) is 0. The Morgan fingerprint density at radius 3 is 2.77 bits per heavy atom. The molecule has 0 bridgehead atoms. The van der Waals surface area contributed by atoms with Gasteiger partial charge in [0.25, 0.3) is 0 Å². The Morgan fingerprint density at radius 2 is 2.00 bits per heavy atom. The maximum absolute atomic E-state index is 11.3. The van der Waals surface area contributed by atoms with Gasteiger partial charge in [-0.2, -0.15) is 0 Å². The number of fused-ring (bicyclic) bond motifs is 4. The van der Waals surface area contributed by atoms with Crippen molar-refractivity contribution < 1.29 is 10.2 Å². The third kappa shape index (κ3) is 1.80. The maximum Gasteiger partial charge on any atom is 0.0840 e. The van der Waals surface area contributed by atoms with Crippen LogP contribution in [0.2, 0.25) is 0 Å². The molecule has 0 aromatic rings. The van der Waals surface area contributed by atoms with Crippen LogP contribution in [0.3, 0.4) is 0 Å². The van der Waals surface area contributed by atoms with Gasteiger partial charge in [0, 0.05) is 0 Å². The van der Waals surface area contributed by atoms with Gasteiger partial charge in [-0.25, -0.2) is 0 Å². The molecule has 0 radical (unpaired) electrons. The molecule has 0 saturated heterocycles. The highest BCUT2D eigenvalue weighted by Gasteiger charge is 2.57. The first kappa shape index (κ1) is 14.7. The molecule has 3 unspecified atom stereocenters. The molecule has 0 heterocycles. The van der Waals surface area contributed by atoms with E-state index < -0.39 is 5.60 Å². The SMILES string of the molecule is CC1(O)CC2CC(O)C=C[C@]2(C)[C@@H]2CC[C@]3(C)CC=CC3=C21. The summed E-state index contributed by atoms with van der Waals surface area (Å²) in [5, 5.41) is 21.3. The summed E-state index contributed by atoms with van der Waals surface area (Å²) in [6.45, 7) is 6.71. The highest BCUT2D eigenvalue weighted by molar-refractivity contribution is 5.46. The first-order valence-corrected chi connectivity index (χ1v) is 8.78. The molecule has 2 nitrogen and oxygen atoms in total. The number of allylic oxidation sites excluding steroid dienone is 4. The van der Waals surface area contributed by atoms with E-state index in [4.69, 9.17) is 0 Å². The Labute approximate surface area is 133 Å². The minimum atomic E-state index is -0.731. The van der Waals surface area contributed by atoms with Gasteiger partial charge in [0.2, 0.25) is 0 Å². The van der Waals surface area contributed by atoms with Crippen LogP contribution >= 0.6 is 0 Å². The number of rotatable bonds is 0. The fraction of sp³-hybridized carbons (Fsp3) is 0.700. The van der Waals surface area contributed by atoms with Gasteiger partial charge in [0.1, 0.15) is 0 Å². The molecule has 120 valence electrons. The monoisotopic (exact) mass is 300 g/mol. The molecular formula is C20H28O2. The number of aliphatic hydroxyl groups excluding tert-OH is 1.